The van der Waals surface area contributed by atoms with Gasteiger partial charge in [0.1, 0.15) is 0 Å². The van der Waals surface area contributed by atoms with E-state index >= 15 is 0 Å². The van der Waals surface area contributed by atoms with Gasteiger partial charge in [0.2, 0.25) is 5.91 Å². The first-order valence-corrected chi connectivity index (χ1v) is 7.04. The van der Waals surface area contributed by atoms with E-state index in [4.69, 9.17) is 0 Å². The van der Waals surface area contributed by atoms with Gasteiger partial charge in [0.15, 0.2) is 0 Å². The average molecular weight is 235 g/mol. The molecule has 2 nitrogen and oxygen atoms in total. The number of amides is 1. The topological polar surface area (TPSA) is 29.1 Å². The summed E-state index contributed by atoms with van der Waals surface area (Å²) in [6.45, 7) is 0. The second-order valence-corrected chi connectivity index (χ2v) is 5.16. The van der Waals surface area contributed by atoms with E-state index < -0.39 is 0 Å². The number of carbonyl (C=O) groups is 1. The largest absolute Gasteiger partial charge is 0.353 e. The maximum absolute atomic E-state index is 11.5. The van der Waals surface area contributed by atoms with Crippen LogP contribution in [-0.4, -0.2) is 24.0 Å². The second-order valence-electron chi connectivity index (χ2n) is 4.17. The molecule has 0 spiro atoms. The number of hydrogen-bond donors (Lipinski definition) is 1. The summed E-state index contributed by atoms with van der Waals surface area (Å²) in [4.78, 5) is 11.5. The van der Waals surface area contributed by atoms with Gasteiger partial charge >= 0.3 is 0 Å². The summed E-state index contributed by atoms with van der Waals surface area (Å²) in [7, 11) is 0. The van der Waals surface area contributed by atoms with Crippen molar-refractivity contribution < 1.29 is 4.79 Å². The van der Waals surface area contributed by atoms with Gasteiger partial charge in [0, 0.05) is 24.1 Å². The molecule has 2 atom stereocenters. The van der Waals surface area contributed by atoms with Crippen molar-refractivity contribution in [3.8, 4) is 0 Å². The molecule has 0 unspecified atom stereocenters. The van der Waals surface area contributed by atoms with E-state index in [0.717, 1.165) is 12.2 Å². The van der Waals surface area contributed by atoms with E-state index in [1.54, 1.807) is 11.8 Å². The van der Waals surface area contributed by atoms with Crippen LogP contribution in [0, 0.1) is 0 Å². The van der Waals surface area contributed by atoms with Crippen LogP contribution in [0.25, 0.3) is 0 Å². The Balaban J connectivity index is 1.77. The lowest BCUT2D eigenvalue weighted by Gasteiger charge is -2.03. The van der Waals surface area contributed by atoms with E-state index in [0.29, 0.717) is 18.4 Å². The van der Waals surface area contributed by atoms with Gasteiger partial charge < -0.3 is 5.32 Å². The summed E-state index contributed by atoms with van der Waals surface area (Å²) in [5.41, 5.74) is 1.35. The van der Waals surface area contributed by atoms with Gasteiger partial charge in [0.05, 0.1) is 0 Å². The van der Waals surface area contributed by atoms with Gasteiger partial charge in [-0.25, -0.2) is 0 Å². The van der Waals surface area contributed by atoms with Gasteiger partial charge in [-0.15, -0.1) is 0 Å². The summed E-state index contributed by atoms with van der Waals surface area (Å²) in [5.74, 6) is 1.64. The molecule has 1 aliphatic rings. The molecule has 0 heterocycles. The van der Waals surface area contributed by atoms with Crippen LogP contribution >= 0.6 is 11.8 Å². The number of nitrogens with one attached hydrogen (secondary N) is 1. The van der Waals surface area contributed by atoms with Crippen LogP contribution < -0.4 is 5.32 Å². The Kier molecular flexibility index (Phi) is 3.88. The fourth-order valence-corrected chi connectivity index (χ4v) is 2.29. The van der Waals surface area contributed by atoms with Crippen molar-refractivity contribution in [2.24, 2.45) is 0 Å². The first kappa shape index (κ1) is 11.5. The maximum Gasteiger partial charge on any atom is 0.221 e. The number of rotatable bonds is 5. The first-order chi connectivity index (χ1) is 7.81. The zero-order chi connectivity index (χ0) is 11.4. The number of hydrogen-bond acceptors (Lipinski definition) is 2. The fraction of sp³-hybridized carbons (Fsp3) is 0.462. The van der Waals surface area contributed by atoms with Gasteiger partial charge in [-0.2, -0.15) is 11.8 Å². The molecular formula is C13H17NOS. The van der Waals surface area contributed by atoms with Crippen LogP contribution in [0.15, 0.2) is 30.3 Å². The SMILES string of the molecule is CSCCC(=O)N[C@H]1C[C@@H]1c1ccccc1. The van der Waals surface area contributed by atoms with E-state index in [-0.39, 0.29) is 5.91 Å². The minimum atomic E-state index is 0.192. The normalized spacial score (nSPS) is 22.8. The van der Waals surface area contributed by atoms with Crippen molar-refractivity contribution in [2.45, 2.75) is 24.8 Å². The van der Waals surface area contributed by atoms with Crippen molar-refractivity contribution in [3.05, 3.63) is 35.9 Å². The Labute approximate surface area is 101 Å². The fourth-order valence-electron chi connectivity index (χ4n) is 1.90. The predicted octanol–water partition coefficient (Wildman–Crippen LogP) is 2.41. The van der Waals surface area contributed by atoms with Crippen molar-refractivity contribution in [1.29, 1.82) is 0 Å². The van der Waals surface area contributed by atoms with E-state index in [2.05, 4.69) is 29.6 Å². The van der Waals surface area contributed by atoms with Crippen molar-refractivity contribution in [2.75, 3.05) is 12.0 Å². The van der Waals surface area contributed by atoms with E-state index in [9.17, 15) is 4.79 Å². The summed E-state index contributed by atoms with van der Waals surface area (Å²) < 4.78 is 0. The van der Waals surface area contributed by atoms with E-state index in [1.807, 2.05) is 12.3 Å². The van der Waals surface area contributed by atoms with Crippen molar-refractivity contribution in [1.82, 2.24) is 5.32 Å². The molecule has 0 radical (unpaired) electrons. The smallest absolute Gasteiger partial charge is 0.221 e. The molecule has 0 aromatic heterocycles. The maximum atomic E-state index is 11.5. The Morgan fingerprint density at radius 3 is 2.88 bits per heavy atom. The Hall–Kier alpha value is -0.960. The third-order valence-electron chi connectivity index (χ3n) is 2.90. The third-order valence-corrected chi connectivity index (χ3v) is 3.51. The molecule has 1 aliphatic carbocycles. The summed E-state index contributed by atoms with van der Waals surface area (Å²) in [6.07, 6.45) is 3.76. The van der Waals surface area contributed by atoms with Crippen LogP contribution in [0.4, 0.5) is 0 Å². The number of carbonyl (C=O) groups excluding carboxylic acids is 1. The Morgan fingerprint density at radius 2 is 2.19 bits per heavy atom. The molecule has 1 aromatic rings. The predicted molar refractivity (Wildman–Crippen MR) is 68.7 cm³/mol. The highest BCUT2D eigenvalue weighted by Gasteiger charge is 2.38. The van der Waals surface area contributed by atoms with Crippen LogP contribution in [0.5, 0.6) is 0 Å². The molecular weight excluding hydrogens is 218 g/mol. The molecule has 1 amide bonds. The van der Waals surface area contributed by atoms with Crippen LogP contribution in [0.1, 0.15) is 24.3 Å². The van der Waals surface area contributed by atoms with Crippen molar-refractivity contribution >= 4 is 17.7 Å². The zero-order valence-electron chi connectivity index (χ0n) is 9.48. The lowest BCUT2D eigenvalue weighted by molar-refractivity contribution is -0.120. The molecule has 16 heavy (non-hydrogen) atoms. The Bertz CT molecular complexity index is 352. The number of benzene rings is 1. The summed E-state index contributed by atoms with van der Waals surface area (Å²) in [6, 6.07) is 10.8. The minimum Gasteiger partial charge on any atom is -0.353 e. The highest BCUT2D eigenvalue weighted by Crippen LogP contribution is 2.40. The van der Waals surface area contributed by atoms with Gasteiger partial charge in [0.25, 0.3) is 0 Å². The average Bonchev–Trinajstić information content (AvgIpc) is 3.07. The van der Waals surface area contributed by atoms with Crippen molar-refractivity contribution in [3.63, 3.8) is 0 Å². The second kappa shape index (κ2) is 5.39. The van der Waals surface area contributed by atoms with E-state index in [1.165, 1.54) is 5.56 Å². The molecule has 0 bridgehead atoms. The molecule has 1 aromatic carbocycles. The highest BCUT2D eigenvalue weighted by atomic mass is 32.2. The zero-order valence-corrected chi connectivity index (χ0v) is 10.3. The van der Waals surface area contributed by atoms with Gasteiger partial charge in [-0.05, 0) is 18.2 Å². The minimum absolute atomic E-state index is 0.192. The van der Waals surface area contributed by atoms with Crippen LogP contribution in [0.3, 0.4) is 0 Å². The molecule has 2 rings (SSSR count). The lowest BCUT2D eigenvalue weighted by atomic mass is 10.1. The van der Waals surface area contributed by atoms with Gasteiger partial charge in [-0.3, -0.25) is 4.79 Å². The first-order valence-electron chi connectivity index (χ1n) is 5.64. The molecule has 86 valence electrons. The quantitative estimate of drug-likeness (QED) is 0.849. The summed E-state index contributed by atoms with van der Waals surface area (Å²) >= 11 is 1.71. The molecule has 1 N–H and O–H groups in total. The standard InChI is InChI=1S/C13H17NOS/c1-16-8-7-13(15)14-12-9-11(12)10-5-3-2-4-6-10/h2-6,11-12H,7-9H2,1H3,(H,14,15)/t11-,12+/m1/s1. The summed E-state index contributed by atoms with van der Waals surface area (Å²) in [5, 5.41) is 3.08. The Morgan fingerprint density at radius 1 is 1.44 bits per heavy atom. The van der Waals surface area contributed by atoms with Crippen LogP contribution in [0.2, 0.25) is 0 Å². The molecule has 3 heteroatoms. The lowest BCUT2D eigenvalue weighted by Crippen LogP contribution is -2.26. The highest BCUT2D eigenvalue weighted by molar-refractivity contribution is 7.98. The molecule has 1 saturated carbocycles. The van der Waals surface area contributed by atoms with Crippen LogP contribution in [-0.2, 0) is 4.79 Å². The third kappa shape index (κ3) is 3.01. The molecule has 0 aliphatic heterocycles. The van der Waals surface area contributed by atoms with Gasteiger partial charge in [-0.1, -0.05) is 30.3 Å². The molecule has 0 saturated heterocycles. The number of thioether (sulfide) groups is 1. The monoisotopic (exact) mass is 235 g/mol. The molecule has 1 fully saturated rings.